The maximum absolute atomic E-state index is 14.6. The van der Waals surface area contributed by atoms with Crippen molar-refractivity contribution in [1.29, 1.82) is 0 Å². The second-order valence-corrected chi connectivity index (χ2v) is 36.1. The first-order valence-corrected chi connectivity index (χ1v) is 47.2. The first kappa shape index (κ1) is 100. The molecule has 3 unspecified atom stereocenters. The molecule has 722 valence electrons. The van der Waals surface area contributed by atoms with E-state index in [0.717, 1.165) is 39.7 Å². The third kappa shape index (κ3) is 27.1. The predicted octanol–water partition coefficient (Wildman–Crippen LogP) is 9.28. The number of ketones is 3. The van der Waals surface area contributed by atoms with Crippen LogP contribution in [-0.4, -0.2) is 285 Å². The fourth-order valence-corrected chi connectivity index (χ4v) is 18.5. The van der Waals surface area contributed by atoms with Crippen LogP contribution in [0.1, 0.15) is 170 Å². The van der Waals surface area contributed by atoms with Gasteiger partial charge in [0, 0.05) is 145 Å². The molecular formula is C98H131N17O19. The average Bonchev–Trinajstić information content (AvgIpc) is 1.61. The summed E-state index contributed by atoms with van der Waals surface area (Å²) in [5.41, 5.74) is 14.9. The smallest absolute Gasteiger partial charge is 0.407 e. The number of piperidine rings is 1. The van der Waals surface area contributed by atoms with Crippen molar-refractivity contribution >= 4 is 86.9 Å². The Morgan fingerprint density at radius 1 is 0.709 bits per heavy atom. The number of piperazine rings is 1. The number of aromatic nitrogens is 10. The van der Waals surface area contributed by atoms with E-state index in [0.29, 0.717) is 202 Å². The summed E-state index contributed by atoms with van der Waals surface area (Å²) < 4.78 is 54.8. The number of benzene rings is 1. The van der Waals surface area contributed by atoms with E-state index in [4.69, 9.17) is 53.5 Å². The van der Waals surface area contributed by atoms with Crippen molar-refractivity contribution in [3.63, 3.8) is 0 Å². The van der Waals surface area contributed by atoms with Crippen molar-refractivity contribution in [3.05, 3.63) is 149 Å². The van der Waals surface area contributed by atoms with Crippen LogP contribution in [0.2, 0.25) is 0 Å². The number of anilines is 3. The molecule has 3 saturated heterocycles. The lowest BCUT2D eigenvalue weighted by atomic mass is 9.83. The molecule has 13 rings (SSSR count). The predicted molar refractivity (Wildman–Crippen MR) is 499 cm³/mol. The minimum atomic E-state index is -1.34. The average molecular weight is 1850 g/mol. The Morgan fingerprint density at radius 3 is 2.20 bits per heavy atom. The van der Waals surface area contributed by atoms with Crippen LogP contribution in [-0.2, 0) is 97.5 Å². The summed E-state index contributed by atoms with van der Waals surface area (Å²) in [6.07, 6.45) is 24.3. The van der Waals surface area contributed by atoms with E-state index in [1.54, 1.807) is 45.6 Å². The van der Waals surface area contributed by atoms with Crippen molar-refractivity contribution in [1.82, 2.24) is 70.1 Å². The van der Waals surface area contributed by atoms with Crippen LogP contribution >= 0.6 is 0 Å². The number of pyridine rings is 1. The third-order valence-electron chi connectivity index (χ3n) is 26.4. The summed E-state index contributed by atoms with van der Waals surface area (Å²) in [5.74, 6) is -3.30. The van der Waals surface area contributed by atoms with E-state index < -0.39 is 72.1 Å². The molecule has 5 aliphatic heterocycles. The molecule has 0 spiro atoms. The number of aromatic amines is 1. The van der Waals surface area contributed by atoms with Crippen LogP contribution in [0.4, 0.5) is 22.5 Å². The summed E-state index contributed by atoms with van der Waals surface area (Å²) >= 11 is 0. The monoisotopic (exact) mass is 1850 g/mol. The van der Waals surface area contributed by atoms with Gasteiger partial charge in [-0.25, -0.2) is 49.2 Å². The Kier molecular flexibility index (Phi) is 36.9. The number of aliphatic hydroxyl groups excluding tert-OH is 2. The van der Waals surface area contributed by atoms with Crippen molar-refractivity contribution in [2.75, 3.05) is 128 Å². The minimum absolute atomic E-state index is 0.00636. The van der Waals surface area contributed by atoms with E-state index in [1.165, 1.54) is 36.3 Å². The second kappa shape index (κ2) is 49.3. The number of aliphatic hydroxyl groups is 2. The van der Waals surface area contributed by atoms with Crippen molar-refractivity contribution in [3.8, 4) is 11.3 Å². The van der Waals surface area contributed by atoms with Crippen LogP contribution < -0.4 is 26.2 Å². The molecule has 36 nitrogen and oxygen atoms in total. The standard InChI is InChI=1S/C98H131N17O19/c1-61-14-10-9-11-15-62(2)81(126-7)49-78-23-17-63(3)88(132-78)87(121)94(123)114-32-13-12-16-79(114)95(124)133-77(48-80(117)64(4)45-66(6)86(120)89(127-8)85(119)65(5)44-61)26-21-67-19-24-76(25-20-67)134-98(125)107-52-69-50-103-97(104-51-69)113-35-34-112(58-75(113)59-116)96-105-54-74(55-106-96)93(122)101-31-37-129-39-41-131-43-42-130-40-38-128-36-29-82(118)111-33-28-70-46-68(18-22-72(70)57-111)56-115-92-83(90(99)108-60-109-92)84(110-115)73-47-71-27-30-100-91(71)102-53-73/h9-11,14-15,18,22,27,30,45-47,50-51,53-55,60-61,63-65,67,75-79,81,86,88-89,116,120H,12-13,16-17,19-21,23-26,28-29,31-44,48-49,52,56-59H2,1-8H3,(H,100,102)(H,101,122)(H,107,125)(H2,99,108,109)/b11-9+,14-10+,62-15+,66-45+/t61-,63-,64-,65-,67-,75?,76-,77-,78?,79+,81+,86-,88?,89+/m1/s1. The zero-order chi connectivity index (χ0) is 94.7. The molecule has 1 saturated carbocycles. The van der Waals surface area contributed by atoms with Crippen LogP contribution in [0.15, 0.2) is 121 Å². The van der Waals surface area contributed by atoms with E-state index in [-0.39, 0.29) is 124 Å². The SMILES string of the molecule is CO[C@H]1CC2CC[C@@H](C)C(O2)C(=O)C(=O)N2CCCC[C@H]2C(=O)O[C@H](CC[C@H]2CC[C@H](OC(=O)NCc3cnc(N4CCN(c5ncc(C(=O)NCCOCCOCCOCCOCCC(=O)N6CCc7cc(Cn8nc(-c9cnc%10[nH]ccc%10c9)c9c(N)ncnc98)ccc7C6)cn5)CC4CO)nc3)CC2)CC(=O)[C@H](C)/C=C(\C)[C@@H](O)[C@@H](OC)C(=O)[C@H](C)C[C@H](C)/C=C/C=C/C=C/1C. The zero-order valence-electron chi connectivity index (χ0n) is 78.2. The topological polar surface area (TPSA) is 447 Å². The van der Waals surface area contributed by atoms with E-state index in [9.17, 15) is 48.6 Å². The summed E-state index contributed by atoms with van der Waals surface area (Å²) in [6, 6.07) is 8.82. The maximum Gasteiger partial charge on any atom is 0.407 e. The highest BCUT2D eigenvalue weighted by Gasteiger charge is 2.45. The number of nitrogen functional groups attached to an aromatic ring is 1. The first-order chi connectivity index (χ1) is 64.9. The van der Waals surface area contributed by atoms with Gasteiger partial charge in [-0.05, 0) is 155 Å². The number of carbonyl (C=O) groups excluding carboxylic acids is 8. The lowest BCUT2D eigenvalue weighted by Crippen LogP contribution is -2.56. The molecule has 1 aromatic carbocycles. The highest BCUT2D eigenvalue weighted by Crippen LogP contribution is 2.37. The molecule has 4 fully saturated rings. The number of nitrogens with zero attached hydrogens (tertiary/aromatic N) is 13. The van der Waals surface area contributed by atoms with Gasteiger partial charge in [0.2, 0.25) is 23.6 Å². The van der Waals surface area contributed by atoms with Gasteiger partial charge in [-0.15, -0.1) is 0 Å². The highest BCUT2D eigenvalue weighted by molar-refractivity contribution is 6.38. The Morgan fingerprint density at radius 2 is 1.46 bits per heavy atom. The number of esters is 1. The number of H-pyrrole nitrogens is 1. The van der Waals surface area contributed by atoms with Gasteiger partial charge in [0.15, 0.2) is 11.4 Å². The number of hydrogen-bond acceptors (Lipinski definition) is 30. The molecule has 7 N–H and O–H groups in total. The Hall–Kier alpha value is -11.2. The van der Waals surface area contributed by atoms with E-state index in [1.807, 2.05) is 95.8 Å². The molecule has 36 heteroatoms. The lowest BCUT2D eigenvalue weighted by Gasteiger charge is -2.40. The normalized spacial score (nSPS) is 26.0. The molecular weight excluding hydrogens is 1720 g/mol. The number of nitrogens with one attached hydrogen (secondary N) is 3. The Balaban J connectivity index is 0.486. The number of hydrogen-bond donors (Lipinski definition) is 6. The molecule has 11 heterocycles. The lowest BCUT2D eigenvalue weighted by molar-refractivity contribution is -0.169. The summed E-state index contributed by atoms with van der Waals surface area (Å²) in [5, 5.41) is 34.4. The Labute approximate surface area is 781 Å². The van der Waals surface area contributed by atoms with Gasteiger partial charge in [0.05, 0.1) is 102 Å². The second-order valence-electron chi connectivity index (χ2n) is 36.1. The highest BCUT2D eigenvalue weighted by atomic mass is 16.6. The molecule has 6 aromatic heterocycles. The third-order valence-corrected chi connectivity index (χ3v) is 26.4. The number of fused-ring (bicyclic) bond motifs is 6. The first-order valence-electron chi connectivity index (χ1n) is 47.2. The van der Waals surface area contributed by atoms with Gasteiger partial charge >= 0.3 is 12.1 Å². The fraction of sp³-hybridized carbons (Fsp3) is 0.571. The minimum Gasteiger partial charge on any atom is -0.460 e. The van der Waals surface area contributed by atoms with Gasteiger partial charge < -0.3 is 93.8 Å². The molecule has 1 aliphatic carbocycles. The maximum atomic E-state index is 14.6. The number of cyclic esters (lactones) is 1. The Bertz CT molecular complexity index is 5250. The fourth-order valence-electron chi connectivity index (χ4n) is 18.5. The molecule has 0 radical (unpaired) electrons. The number of ether oxygens (including phenoxy) is 9. The number of methoxy groups -OCH3 is 2. The number of Topliss-reactive ketones (excluding diaryl/α,β-unsaturated/α-hetero) is 3. The van der Waals surface area contributed by atoms with Crippen molar-refractivity contribution in [2.45, 2.75) is 219 Å². The number of allylic oxidation sites excluding steroid dienone is 6. The van der Waals surface area contributed by atoms with Crippen LogP contribution in [0, 0.1) is 29.6 Å². The molecule has 2 bridgehead atoms. The van der Waals surface area contributed by atoms with E-state index in [2.05, 4.69) is 68.7 Å². The van der Waals surface area contributed by atoms with E-state index >= 15 is 0 Å². The summed E-state index contributed by atoms with van der Waals surface area (Å²) in [7, 11) is 3.00. The number of amides is 4. The molecule has 7 aromatic rings. The van der Waals surface area contributed by atoms with Crippen molar-refractivity contribution < 1.29 is 91.2 Å². The number of carbonyl (C=O) groups is 8. The van der Waals surface area contributed by atoms with Gasteiger partial charge in [0.25, 0.3) is 11.8 Å². The molecule has 12 atom stereocenters. The van der Waals surface area contributed by atoms with Gasteiger partial charge in [0.1, 0.15) is 65.8 Å². The number of nitrogens with two attached hydrogens (primary N) is 1. The van der Waals surface area contributed by atoms with Crippen LogP contribution in [0.5, 0.6) is 0 Å². The number of alkyl carbamates (subject to hydrolysis) is 1. The van der Waals surface area contributed by atoms with Gasteiger partial charge in [-0.2, -0.15) is 5.10 Å². The quantitative estimate of drug-likeness (QED) is 0.0106. The van der Waals surface area contributed by atoms with Crippen LogP contribution in [0.3, 0.4) is 0 Å². The summed E-state index contributed by atoms with van der Waals surface area (Å²) in [4.78, 5) is 153. The summed E-state index contributed by atoms with van der Waals surface area (Å²) in [6.45, 7) is 16.8. The molecule has 6 aliphatic rings. The largest absolute Gasteiger partial charge is 0.460 e. The van der Waals surface area contributed by atoms with Crippen LogP contribution in [0.25, 0.3) is 33.3 Å². The van der Waals surface area contributed by atoms with Crippen molar-refractivity contribution in [2.24, 2.45) is 29.6 Å². The zero-order valence-corrected chi connectivity index (χ0v) is 78.2. The van der Waals surface area contributed by atoms with Gasteiger partial charge in [-0.3, -0.25) is 28.8 Å². The molecule has 4 amide bonds. The molecule has 134 heavy (non-hydrogen) atoms. The van der Waals surface area contributed by atoms with Gasteiger partial charge in [-0.1, -0.05) is 82.4 Å². The number of rotatable bonds is 30.